The largest absolute Gasteiger partial charge is 0.381 e. The van der Waals surface area contributed by atoms with Crippen molar-refractivity contribution in [1.29, 1.82) is 0 Å². The van der Waals surface area contributed by atoms with Crippen molar-refractivity contribution in [2.75, 3.05) is 19.8 Å². The van der Waals surface area contributed by atoms with Crippen LogP contribution in [0.1, 0.15) is 44.1 Å². The molecule has 1 heterocycles. The second kappa shape index (κ2) is 6.78. The summed E-state index contributed by atoms with van der Waals surface area (Å²) < 4.78 is 18.5. The number of ether oxygens (including phenoxy) is 1. The zero-order valence-electron chi connectivity index (χ0n) is 12.9. The first kappa shape index (κ1) is 15.5. The zero-order chi connectivity index (χ0) is 15.4. The van der Waals surface area contributed by atoms with Crippen molar-refractivity contribution >= 4 is 5.91 Å². The third-order valence-corrected chi connectivity index (χ3v) is 5.14. The maximum Gasteiger partial charge on any atom is 0.220 e. The van der Waals surface area contributed by atoms with Gasteiger partial charge in [0.15, 0.2) is 0 Å². The number of halogens is 1. The summed E-state index contributed by atoms with van der Waals surface area (Å²) in [6.07, 6.45) is 6.00. The fraction of sp³-hybridized carbons (Fsp3) is 0.611. The van der Waals surface area contributed by atoms with Crippen LogP contribution in [0, 0.1) is 11.7 Å². The van der Waals surface area contributed by atoms with Gasteiger partial charge < -0.3 is 10.1 Å². The smallest absolute Gasteiger partial charge is 0.220 e. The zero-order valence-corrected chi connectivity index (χ0v) is 12.9. The van der Waals surface area contributed by atoms with Crippen LogP contribution in [-0.2, 0) is 14.9 Å². The van der Waals surface area contributed by atoms with Crippen molar-refractivity contribution in [3.05, 3.63) is 35.6 Å². The van der Waals surface area contributed by atoms with E-state index in [0.29, 0.717) is 25.5 Å². The van der Waals surface area contributed by atoms with Crippen LogP contribution in [0.3, 0.4) is 0 Å². The van der Waals surface area contributed by atoms with Crippen LogP contribution in [0.25, 0.3) is 0 Å². The Balaban J connectivity index is 1.61. The molecule has 3 rings (SSSR count). The number of amides is 1. The van der Waals surface area contributed by atoms with E-state index in [1.807, 2.05) is 12.1 Å². The summed E-state index contributed by atoms with van der Waals surface area (Å²) in [6.45, 7) is 2.14. The summed E-state index contributed by atoms with van der Waals surface area (Å²) >= 11 is 0. The van der Waals surface area contributed by atoms with Gasteiger partial charge in [-0.3, -0.25) is 4.79 Å². The van der Waals surface area contributed by atoms with Gasteiger partial charge in [0.1, 0.15) is 5.82 Å². The number of carbonyl (C=O) groups is 1. The normalized spacial score (nSPS) is 23.6. The van der Waals surface area contributed by atoms with Crippen LogP contribution < -0.4 is 5.32 Å². The minimum Gasteiger partial charge on any atom is -0.381 e. The summed E-state index contributed by atoms with van der Waals surface area (Å²) in [5, 5.41) is 3.12. The van der Waals surface area contributed by atoms with Crippen LogP contribution in [-0.4, -0.2) is 25.7 Å². The number of hydrogen-bond donors (Lipinski definition) is 1. The lowest BCUT2D eigenvalue weighted by atomic mass is 9.78. The lowest BCUT2D eigenvalue weighted by Gasteiger charge is -2.30. The van der Waals surface area contributed by atoms with E-state index in [9.17, 15) is 9.18 Å². The molecule has 3 nitrogen and oxygen atoms in total. The third kappa shape index (κ3) is 3.49. The lowest BCUT2D eigenvalue weighted by molar-refractivity contribution is -0.122. The van der Waals surface area contributed by atoms with Gasteiger partial charge in [-0.2, -0.15) is 0 Å². The highest BCUT2D eigenvalue weighted by atomic mass is 19.1. The molecular weight excluding hydrogens is 281 g/mol. The molecule has 1 saturated carbocycles. The van der Waals surface area contributed by atoms with Crippen molar-refractivity contribution in [2.45, 2.75) is 43.9 Å². The molecule has 4 heteroatoms. The second-order valence-corrected chi connectivity index (χ2v) is 6.70. The van der Waals surface area contributed by atoms with E-state index >= 15 is 0 Å². The number of carbonyl (C=O) groups excluding carboxylic acids is 1. The van der Waals surface area contributed by atoms with Gasteiger partial charge in [0, 0.05) is 31.6 Å². The minimum absolute atomic E-state index is 0.0183. The van der Waals surface area contributed by atoms with Gasteiger partial charge in [-0.05, 0) is 42.9 Å². The van der Waals surface area contributed by atoms with Crippen LogP contribution >= 0.6 is 0 Å². The highest BCUT2D eigenvalue weighted by Crippen LogP contribution is 2.40. The topological polar surface area (TPSA) is 38.3 Å². The Morgan fingerprint density at radius 2 is 2.00 bits per heavy atom. The number of benzene rings is 1. The van der Waals surface area contributed by atoms with Crippen LogP contribution in [0.4, 0.5) is 4.39 Å². The first-order chi connectivity index (χ1) is 10.7. The molecule has 1 aliphatic carbocycles. The van der Waals surface area contributed by atoms with E-state index in [2.05, 4.69) is 5.32 Å². The number of hydrogen-bond acceptors (Lipinski definition) is 2. The predicted molar refractivity (Wildman–Crippen MR) is 83.1 cm³/mol. The van der Waals surface area contributed by atoms with Crippen molar-refractivity contribution in [1.82, 2.24) is 5.32 Å². The minimum atomic E-state index is -0.206. The van der Waals surface area contributed by atoms with Crippen molar-refractivity contribution in [2.24, 2.45) is 5.92 Å². The monoisotopic (exact) mass is 305 g/mol. The molecule has 0 bridgehead atoms. The van der Waals surface area contributed by atoms with E-state index in [0.717, 1.165) is 31.4 Å². The summed E-state index contributed by atoms with van der Waals surface area (Å²) in [6, 6.07) is 6.79. The van der Waals surface area contributed by atoms with Gasteiger partial charge in [0.2, 0.25) is 5.91 Å². The molecule has 1 aliphatic heterocycles. The Morgan fingerprint density at radius 3 is 2.64 bits per heavy atom. The first-order valence-electron chi connectivity index (χ1n) is 8.28. The van der Waals surface area contributed by atoms with Gasteiger partial charge in [0.05, 0.1) is 0 Å². The first-order valence-corrected chi connectivity index (χ1v) is 8.28. The van der Waals surface area contributed by atoms with Crippen molar-refractivity contribution < 1.29 is 13.9 Å². The number of rotatable bonds is 5. The van der Waals surface area contributed by atoms with Gasteiger partial charge in [-0.1, -0.05) is 25.0 Å². The molecule has 1 aromatic carbocycles. The molecule has 2 aliphatic rings. The molecule has 22 heavy (non-hydrogen) atoms. The molecule has 1 unspecified atom stereocenters. The van der Waals surface area contributed by atoms with Gasteiger partial charge in [0.25, 0.3) is 0 Å². The molecule has 0 aromatic heterocycles. The molecule has 1 saturated heterocycles. The van der Waals surface area contributed by atoms with Gasteiger partial charge in [-0.25, -0.2) is 4.39 Å². The Hall–Kier alpha value is -1.42. The molecular formula is C18H24FNO2. The van der Waals surface area contributed by atoms with Crippen LogP contribution in [0.2, 0.25) is 0 Å². The second-order valence-electron chi connectivity index (χ2n) is 6.70. The quantitative estimate of drug-likeness (QED) is 0.907. The van der Waals surface area contributed by atoms with E-state index in [4.69, 9.17) is 4.74 Å². The van der Waals surface area contributed by atoms with E-state index in [-0.39, 0.29) is 17.1 Å². The highest BCUT2D eigenvalue weighted by molar-refractivity contribution is 5.76. The standard InChI is InChI=1S/C18H24FNO2/c19-16-5-3-15(4-6-16)18(8-1-2-9-18)13-20-17(21)11-14-7-10-22-12-14/h3-6,14H,1-2,7-13H2,(H,20,21). The molecule has 1 amide bonds. The Morgan fingerprint density at radius 1 is 1.27 bits per heavy atom. The SMILES string of the molecule is O=C(CC1CCOC1)NCC1(c2ccc(F)cc2)CCCC1. The average molecular weight is 305 g/mol. The predicted octanol–water partition coefficient (Wildman–Crippen LogP) is 3.18. The molecule has 1 N–H and O–H groups in total. The summed E-state index contributed by atoms with van der Waals surface area (Å²) in [4.78, 5) is 12.2. The maximum atomic E-state index is 13.2. The Bertz CT molecular complexity index is 502. The fourth-order valence-electron chi connectivity index (χ4n) is 3.77. The van der Waals surface area contributed by atoms with Crippen LogP contribution in [0.5, 0.6) is 0 Å². The van der Waals surface area contributed by atoms with Crippen LogP contribution in [0.15, 0.2) is 24.3 Å². The summed E-state index contributed by atoms with van der Waals surface area (Å²) in [7, 11) is 0. The lowest BCUT2D eigenvalue weighted by Crippen LogP contribution is -2.39. The molecule has 120 valence electrons. The molecule has 0 radical (unpaired) electrons. The molecule has 2 fully saturated rings. The van der Waals surface area contributed by atoms with Gasteiger partial charge >= 0.3 is 0 Å². The van der Waals surface area contributed by atoms with E-state index in [1.54, 1.807) is 0 Å². The maximum absolute atomic E-state index is 13.2. The summed E-state index contributed by atoms with van der Waals surface area (Å²) in [5.41, 5.74) is 1.13. The third-order valence-electron chi connectivity index (χ3n) is 5.14. The Labute approximate surface area is 131 Å². The number of nitrogens with one attached hydrogen (secondary N) is 1. The summed E-state index contributed by atoms with van der Waals surface area (Å²) in [5.74, 6) is 0.274. The molecule has 1 atom stereocenters. The van der Waals surface area contributed by atoms with Gasteiger partial charge in [-0.15, -0.1) is 0 Å². The Kier molecular flexibility index (Phi) is 4.77. The average Bonchev–Trinajstić information content (AvgIpc) is 3.18. The van der Waals surface area contributed by atoms with E-state index < -0.39 is 0 Å². The highest BCUT2D eigenvalue weighted by Gasteiger charge is 2.36. The molecule has 0 spiro atoms. The fourth-order valence-corrected chi connectivity index (χ4v) is 3.77. The molecule has 1 aromatic rings. The van der Waals surface area contributed by atoms with Crippen molar-refractivity contribution in [3.63, 3.8) is 0 Å². The van der Waals surface area contributed by atoms with Crippen molar-refractivity contribution in [3.8, 4) is 0 Å². The van der Waals surface area contributed by atoms with E-state index in [1.165, 1.54) is 25.0 Å².